The number of carbonyl (C=O) groups excluding carboxylic acids is 2. The lowest BCUT2D eigenvalue weighted by molar-refractivity contribution is 0.0953. The molecule has 0 radical (unpaired) electrons. The molecular formula is C8H8N2O2. The molecule has 0 fully saturated rings. The summed E-state index contributed by atoms with van der Waals surface area (Å²) in [5, 5.41) is 0. The molecule has 1 aromatic rings. The topological polar surface area (TPSA) is 72.2 Å². The molecular weight excluding hydrogens is 156 g/mol. The van der Waals surface area contributed by atoms with Crippen LogP contribution in [0, 0.1) is 0 Å². The number of nitrogens with one attached hydrogen (secondary N) is 1. The predicted molar refractivity (Wildman–Crippen MR) is 43.5 cm³/mol. The van der Waals surface area contributed by atoms with Gasteiger partial charge in [0.2, 0.25) is 0 Å². The molecule has 0 unspecified atom stereocenters. The Morgan fingerprint density at radius 1 is 1.33 bits per heavy atom. The lowest BCUT2D eigenvalue weighted by Gasteiger charge is -1.97. The summed E-state index contributed by atoms with van der Waals surface area (Å²) in [4.78, 5) is 21.1. The van der Waals surface area contributed by atoms with Crippen LogP contribution >= 0.6 is 0 Å². The highest BCUT2D eigenvalue weighted by molar-refractivity contribution is 5.94. The van der Waals surface area contributed by atoms with Crippen molar-refractivity contribution >= 4 is 12.2 Å². The number of hydrogen-bond donors (Lipinski definition) is 2. The summed E-state index contributed by atoms with van der Waals surface area (Å²) in [6.45, 7) is 0. The van der Waals surface area contributed by atoms with Crippen LogP contribution in [-0.2, 0) is 0 Å². The first kappa shape index (κ1) is 8.42. The van der Waals surface area contributed by atoms with Gasteiger partial charge in [0.15, 0.2) is 0 Å². The molecule has 4 nitrogen and oxygen atoms in total. The highest BCUT2D eigenvalue weighted by Gasteiger charge is 2.01. The van der Waals surface area contributed by atoms with E-state index >= 15 is 0 Å². The lowest BCUT2D eigenvalue weighted by Crippen LogP contribution is -2.29. The van der Waals surface area contributed by atoms with Crippen molar-refractivity contribution in [1.29, 1.82) is 0 Å². The van der Waals surface area contributed by atoms with Crippen LogP contribution in [0.15, 0.2) is 24.3 Å². The quantitative estimate of drug-likeness (QED) is 0.282. The standard InChI is InChI=1S/C8H8N2O2/c9-10-8(12)7-3-1-6(5-11)2-4-7/h1-5H,9H2,(H,10,12). The summed E-state index contributed by atoms with van der Waals surface area (Å²) in [5.41, 5.74) is 2.96. The lowest BCUT2D eigenvalue weighted by atomic mass is 10.1. The van der Waals surface area contributed by atoms with Crippen molar-refractivity contribution in [3.63, 3.8) is 0 Å². The molecule has 12 heavy (non-hydrogen) atoms. The molecule has 0 aromatic heterocycles. The minimum Gasteiger partial charge on any atom is -0.298 e. The van der Waals surface area contributed by atoms with E-state index in [9.17, 15) is 9.59 Å². The first-order valence-corrected chi connectivity index (χ1v) is 3.34. The Morgan fingerprint density at radius 3 is 2.33 bits per heavy atom. The van der Waals surface area contributed by atoms with Gasteiger partial charge in [0.25, 0.3) is 5.91 Å². The summed E-state index contributed by atoms with van der Waals surface area (Å²) >= 11 is 0. The van der Waals surface area contributed by atoms with Crippen LogP contribution in [-0.4, -0.2) is 12.2 Å². The normalized spacial score (nSPS) is 9.08. The zero-order chi connectivity index (χ0) is 8.97. The number of nitrogen functional groups attached to an aromatic ring is 1. The van der Waals surface area contributed by atoms with Crippen molar-refractivity contribution in [2.75, 3.05) is 0 Å². The molecule has 0 bridgehead atoms. The number of hydrazine groups is 1. The number of rotatable bonds is 2. The molecule has 4 heteroatoms. The van der Waals surface area contributed by atoms with Gasteiger partial charge < -0.3 is 0 Å². The highest BCUT2D eigenvalue weighted by Crippen LogP contribution is 2.01. The van der Waals surface area contributed by atoms with Crippen LogP contribution in [0.5, 0.6) is 0 Å². The Bertz CT molecular complexity index is 292. The Labute approximate surface area is 69.3 Å². The monoisotopic (exact) mass is 164 g/mol. The number of hydrogen-bond acceptors (Lipinski definition) is 3. The van der Waals surface area contributed by atoms with E-state index in [1.165, 1.54) is 12.1 Å². The molecule has 0 heterocycles. The van der Waals surface area contributed by atoms with Crippen LogP contribution < -0.4 is 11.3 Å². The smallest absolute Gasteiger partial charge is 0.265 e. The maximum absolute atomic E-state index is 10.9. The van der Waals surface area contributed by atoms with Crippen molar-refractivity contribution in [1.82, 2.24) is 5.43 Å². The third-order valence-electron chi connectivity index (χ3n) is 1.44. The Balaban J connectivity index is 2.91. The van der Waals surface area contributed by atoms with Crippen LogP contribution in [0.3, 0.4) is 0 Å². The van der Waals surface area contributed by atoms with Gasteiger partial charge in [0, 0.05) is 11.1 Å². The maximum Gasteiger partial charge on any atom is 0.265 e. The van der Waals surface area contributed by atoms with Crippen molar-refractivity contribution in [3.8, 4) is 0 Å². The molecule has 0 aliphatic rings. The number of benzene rings is 1. The van der Waals surface area contributed by atoms with E-state index < -0.39 is 0 Å². The van der Waals surface area contributed by atoms with Crippen molar-refractivity contribution in [2.45, 2.75) is 0 Å². The molecule has 0 aliphatic heterocycles. The second-order valence-electron chi connectivity index (χ2n) is 2.21. The van der Waals surface area contributed by atoms with E-state index in [4.69, 9.17) is 5.84 Å². The molecule has 0 saturated carbocycles. The first-order valence-electron chi connectivity index (χ1n) is 3.34. The van der Waals surface area contributed by atoms with Gasteiger partial charge in [-0.2, -0.15) is 0 Å². The third-order valence-corrected chi connectivity index (χ3v) is 1.44. The van der Waals surface area contributed by atoms with Crippen LogP contribution in [0.4, 0.5) is 0 Å². The van der Waals surface area contributed by atoms with Gasteiger partial charge in [-0.15, -0.1) is 0 Å². The molecule has 3 N–H and O–H groups in total. The molecule has 62 valence electrons. The summed E-state index contributed by atoms with van der Waals surface area (Å²) in [5.74, 6) is 4.54. The first-order chi connectivity index (χ1) is 5.77. The van der Waals surface area contributed by atoms with E-state index in [0.717, 1.165) is 0 Å². The predicted octanol–water partition coefficient (Wildman–Crippen LogP) is 0.103. The van der Waals surface area contributed by atoms with E-state index in [2.05, 4.69) is 0 Å². The van der Waals surface area contributed by atoms with Crippen LogP contribution in [0.1, 0.15) is 20.7 Å². The number of nitrogens with two attached hydrogens (primary N) is 1. The largest absolute Gasteiger partial charge is 0.298 e. The van der Waals surface area contributed by atoms with Crippen molar-refractivity contribution < 1.29 is 9.59 Å². The fourth-order valence-electron chi connectivity index (χ4n) is 0.796. The van der Waals surface area contributed by atoms with Gasteiger partial charge in [-0.3, -0.25) is 15.0 Å². The summed E-state index contributed by atoms with van der Waals surface area (Å²) in [6, 6.07) is 6.17. The molecule has 0 spiro atoms. The summed E-state index contributed by atoms with van der Waals surface area (Å²) < 4.78 is 0. The minimum atomic E-state index is -0.368. The zero-order valence-electron chi connectivity index (χ0n) is 6.28. The Morgan fingerprint density at radius 2 is 1.92 bits per heavy atom. The molecule has 1 amide bonds. The minimum absolute atomic E-state index is 0.368. The van der Waals surface area contributed by atoms with E-state index in [1.54, 1.807) is 12.1 Å². The van der Waals surface area contributed by atoms with Gasteiger partial charge >= 0.3 is 0 Å². The Kier molecular flexibility index (Phi) is 2.55. The van der Waals surface area contributed by atoms with Gasteiger partial charge in [0.1, 0.15) is 6.29 Å². The van der Waals surface area contributed by atoms with Crippen LogP contribution in [0.25, 0.3) is 0 Å². The highest BCUT2D eigenvalue weighted by atomic mass is 16.2. The second kappa shape index (κ2) is 3.64. The third kappa shape index (κ3) is 1.67. The van der Waals surface area contributed by atoms with Crippen LogP contribution in [0.2, 0.25) is 0 Å². The average Bonchev–Trinajstić information content (AvgIpc) is 2.17. The molecule has 1 rings (SSSR count). The van der Waals surface area contributed by atoms with Crippen molar-refractivity contribution in [3.05, 3.63) is 35.4 Å². The van der Waals surface area contributed by atoms with E-state index in [-0.39, 0.29) is 5.91 Å². The fraction of sp³-hybridized carbons (Fsp3) is 0. The molecule has 0 atom stereocenters. The number of aldehydes is 1. The number of carbonyl (C=O) groups is 2. The second-order valence-corrected chi connectivity index (χ2v) is 2.21. The maximum atomic E-state index is 10.9. The van der Waals surface area contributed by atoms with Crippen molar-refractivity contribution in [2.24, 2.45) is 5.84 Å². The molecule has 1 aromatic carbocycles. The fourth-order valence-corrected chi connectivity index (χ4v) is 0.796. The molecule has 0 saturated heterocycles. The summed E-state index contributed by atoms with van der Waals surface area (Å²) in [7, 11) is 0. The van der Waals surface area contributed by atoms with Gasteiger partial charge in [-0.1, -0.05) is 12.1 Å². The van der Waals surface area contributed by atoms with E-state index in [1.807, 2.05) is 5.43 Å². The van der Waals surface area contributed by atoms with Gasteiger partial charge in [0.05, 0.1) is 0 Å². The number of amides is 1. The van der Waals surface area contributed by atoms with Gasteiger partial charge in [-0.25, -0.2) is 5.84 Å². The average molecular weight is 164 g/mol. The Hall–Kier alpha value is -1.68. The molecule has 0 aliphatic carbocycles. The van der Waals surface area contributed by atoms with E-state index in [0.29, 0.717) is 17.4 Å². The zero-order valence-corrected chi connectivity index (χ0v) is 6.28. The SMILES string of the molecule is NNC(=O)c1ccc(C=O)cc1. The summed E-state index contributed by atoms with van der Waals surface area (Å²) in [6.07, 6.45) is 0.712. The van der Waals surface area contributed by atoms with Gasteiger partial charge in [-0.05, 0) is 12.1 Å².